The third-order valence-corrected chi connectivity index (χ3v) is 9.54. The van der Waals surface area contributed by atoms with Crippen LogP contribution < -0.4 is 29.6 Å². The number of aliphatic hydroxyl groups is 1. The number of nitrogens with zero attached hydrogens (tertiary/aromatic N) is 1. The van der Waals surface area contributed by atoms with Crippen LogP contribution in [0, 0.1) is 5.82 Å². The van der Waals surface area contributed by atoms with E-state index in [0.717, 1.165) is 40.0 Å². The van der Waals surface area contributed by atoms with Gasteiger partial charge in [0.2, 0.25) is 0 Å². The molecule has 1 aliphatic rings. The summed E-state index contributed by atoms with van der Waals surface area (Å²) in [4.78, 5) is 12.0. The molecule has 4 rings (SSSR count). The van der Waals surface area contributed by atoms with Gasteiger partial charge >= 0.3 is 29.6 Å². The number of thioether (sulfide) groups is 1. The Morgan fingerprint density at radius 2 is 1.80 bits per heavy atom. The molecule has 2 atom stereocenters. The van der Waals surface area contributed by atoms with Crippen LogP contribution >= 0.6 is 11.8 Å². The Labute approximate surface area is 228 Å². The standard InChI is InChI=1S/C22H20FNO7S3.Na/c23-16-7-6-15-12-20(24(19(15)13-16)34(30,31)18-4-2-1-3-5-18)22(26)9-8-17(25)14-21(22)32-10-11-33(27,28)29;/h1-9,12-13,21,26H,10-11,14H2,(H,27,28,29);/q;+1/p-1. The number of fused-ring (bicyclic) bond motifs is 1. The van der Waals surface area contributed by atoms with E-state index in [1.165, 1.54) is 36.4 Å². The maximum atomic E-state index is 14.1. The van der Waals surface area contributed by atoms with E-state index in [0.29, 0.717) is 5.39 Å². The van der Waals surface area contributed by atoms with Crippen LogP contribution in [0.5, 0.6) is 0 Å². The van der Waals surface area contributed by atoms with E-state index in [1.54, 1.807) is 6.07 Å². The SMILES string of the molecule is O=C1C=CC(O)(c2cc3ccc(F)cc3n2S(=O)(=O)c2ccccc2)C(SCCS(=O)(=O)[O-])C1.[Na+]. The second kappa shape index (κ2) is 10.5. The fourth-order valence-electron chi connectivity index (χ4n) is 3.85. The fourth-order valence-corrected chi connectivity index (χ4v) is 7.66. The third kappa shape index (κ3) is 5.75. The molecule has 1 N–H and O–H groups in total. The molecule has 0 saturated carbocycles. The summed E-state index contributed by atoms with van der Waals surface area (Å²) in [6, 6.07) is 12.4. The Morgan fingerprint density at radius 1 is 1.11 bits per heavy atom. The quantitative estimate of drug-likeness (QED) is 0.306. The van der Waals surface area contributed by atoms with E-state index < -0.39 is 42.6 Å². The molecule has 3 aromatic rings. The number of hydrogen-bond acceptors (Lipinski definition) is 8. The van der Waals surface area contributed by atoms with Crippen LogP contribution in [0.2, 0.25) is 0 Å². The fraction of sp³-hybridized carbons (Fsp3) is 0.227. The number of rotatable bonds is 7. The first-order valence-corrected chi connectivity index (χ1v) is 14.1. The molecule has 1 aliphatic carbocycles. The summed E-state index contributed by atoms with van der Waals surface area (Å²) in [6.07, 6.45) is 2.06. The minimum Gasteiger partial charge on any atom is -0.748 e. The number of carbonyl (C=O) groups excluding carboxylic acids is 1. The summed E-state index contributed by atoms with van der Waals surface area (Å²) in [7, 11) is -8.85. The molecule has 2 aromatic carbocycles. The van der Waals surface area contributed by atoms with Gasteiger partial charge in [-0.3, -0.25) is 4.79 Å². The van der Waals surface area contributed by atoms with Crippen LogP contribution in [-0.2, 0) is 30.5 Å². The summed E-state index contributed by atoms with van der Waals surface area (Å²) in [5, 5.41) is 11.1. The van der Waals surface area contributed by atoms with E-state index >= 15 is 0 Å². The van der Waals surface area contributed by atoms with Gasteiger partial charge in [-0.05, 0) is 48.6 Å². The van der Waals surface area contributed by atoms with Gasteiger partial charge in [-0.1, -0.05) is 18.2 Å². The summed E-state index contributed by atoms with van der Waals surface area (Å²) in [6.45, 7) is 0. The molecule has 0 aliphatic heterocycles. The zero-order valence-electron chi connectivity index (χ0n) is 18.5. The van der Waals surface area contributed by atoms with Crippen molar-refractivity contribution in [2.75, 3.05) is 11.5 Å². The van der Waals surface area contributed by atoms with Crippen molar-refractivity contribution in [3.8, 4) is 0 Å². The van der Waals surface area contributed by atoms with Gasteiger partial charge in [0, 0.05) is 23.3 Å². The van der Waals surface area contributed by atoms with Gasteiger partial charge < -0.3 is 9.66 Å². The average Bonchev–Trinajstić information content (AvgIpc) is 3.16. The van der Waals surface area contributed by atoms with Crippen LogP contribution in [0.3, 0.4) is 0 Å². The first-order chi connectivity index (χ1) is 15.9. The van der Waals surface area contributed by atoms with Gasteiger partial charge in [-0.2, -0.15) is 11.8 Å². The molecule has 0 spiro atoms. The normalized spacial score (nSPS) is 20.7. The van der Waals surface area contributed by atoms with Crippen LogP contribution in [0.15, 0.2) is 71.6 Å². The molecular formula is C22H19FNNaO7S3. The first kappa shape index (κ1) is 28.1. The van der Waals surface area contributed by atoms with Crippen molar-refractivity contribution < 1.29 is 65.2 Å². The molecule has 8 nitrogen and oxygen atoms in total. The number of allylic oxidation sites excluding steroid dienone is 1. The Balaban J connectivity index is 0.00000342. The number of halogens is 1. The van der Waals surface area contributed by atoms with Crippen molar-refractivity contribution in [2.45, 2.75) is 22.2 Å². The van der Waals surface area contributed by atoms with Crippen molar-refractivity contribution >= 4 is 48.6 Å². The molecular weight excluding hydrogens is 528 g/mol. The number of benzene rings is 2. The van der Waals surface area contributed by atoms with Gasteiger partial charge in [0.1, 0.15) is 11.4 Å². The predicted molar refractivity (Wildman–Crippen MR) is 124 cm³/mol. The zero-order chi connectivity index (χ0) is 24.7. The summed E-state index contributed by atoms with van der Waals surface area (Å²) >= 11 is 0.874. The van der Waals surface area contributed by atoms with Crippen LogP contribution in [-0.4, -0.2) is 53.0 Å². The van der Waals surface area contributed by atoms with Crippen LogP contribution in [0.25, 0.3) is 10.9 Å². The Bertz CT molecular complexity index is 1500. The summed E-state index contributed by atoms with van der Waals surface area (Å²) in [5.41, 5.74) is -2.19. The molecule has 180 valence electrons. The largest absolute Gasteiger partial charge is 1.00 e. The van der Waals surface area contributed by atoms with Gasteiger partial charge in [0.15, 0.2) is 5.78 Å². The summed E-state index contributed by atoms with van der Waals surface area (Å²) < 4.78 is 75.4. The minimum atomic E-state index is -4.53. The second-order valence-corrected chi connectivity index (χ2v) is 12.4. The molecule has 0 amide bonds. The molecule has 2 unspecified atom stereocenters. The van der Waals surface area contributed by atoms with Gasteiger partial charge in [0.05, 0.1) is 31.5 Å². The van der Waals surface area contributed by atoms with Crippen molar-refractivity contribution in [1.29, 1.82) is 0 Å². The monoisotopic (exact) mass is 547 g/mol. The summed E-state index contributed by atoms with van der Waals surface area (Å²) in [5.74, 6) is -1.97. The minimum absolute atomic E-state index is 0. The molecule has 13 heteroatoms. The Morgan fingerprint density at radius 3 is 2.46 bits per heavy atom. The van der Waals surface area contributed by atoms with E-state index in [9.17, 15) is 35.7 Å². The molecule has 0 saturated heterocycles. The molecule has 35 heavy (non-hydrogen) atoms. The zero-order valence-corrected chi connectivity index (χ0v) is 22.9. The number of hydrogen-bond donors (Lipinski definition) is 1. The van der Waals surface area contributed by atoms with E-state index in [-0.39, 0.29) is 63.6 Å². The molecule has 1 heterocycles. The van der Waals surface area contributed by atoms with Crippen LogP contribution in [0.4, 0.5) is 4.39 Å². The second-order valence-electron chi connectivity index (χ2n) is 7.77. The smallest absolute Gasteiger partial charge is 0.748 e. The predicted octanol–water partition coefficient (Wildman–Crippen LogP) is -0.615. The van der Waals surface area contributed by atoms with Gasteiger partial charge in [-0.15, -0.1) is 0 Å². The number of ketones is 1. The van der Waals surface area contributed by atoms with Crippen molar-refractivity contribution in [3.05, 3.63) is 78.3 Å². The molecule has 1 aromatic heterocycles. The molecule has 0 radical (unpaired) electrons. The van der Waals surface area contributed by atoms with Gasteiger partial charge in [0.25, 0.3) is 10.0 Å². The average molecular weight is 548 g/mol. The first-order valence-electron chi connectivity index (χ1n) is 10.0. The third-order valence-electron chi connectivity index (χ3n) is 5.47. The van der Waals surface area contributed by atoms with Crippen molar-refractivity contribution in [3.63, 3.8) is 0 Å². The maximum Gasteiger partial charge on any atom is 1.00 e. The van der Waals surface area contributed by atoms with Crippen LogP contribution in [0.1, 0.15) is 12.1 Å². The van der Waals surface area contributed by atoms with Crippen molar-refractivity contribution in [2.24, 2.45) is 0 Å². The van der Waals surface area contributed by atoms with E-state index in [2.05, 4.69) is 0 Å². The number of aromatic nitrogens is 1. The maximum absolute atomic E-state index is 14.1. The molecule has 0 fully saturated rings. The molecule has 0 bridgehead atoms. The van der Waals surface area contributed by atoms with Crippen molar-refractivity contribution in [1.82, 2.24) is 3.97 Å². The van der Waals surface area contributed by atoms with E-state index in [1.807, 2.05) is 0 Å². The van der Waals surface area contributed by atoms with Gasteiger partial charge in [-0.25, -0.2) is 25.2 Å². The topological polar surface area (TPSA) is 134 Å². The number of carbonyl (C=O) groups is 1. The van der Waals surface area contributed by atoms with E-state index in [4.69, 9.17) is 0 Å². The Kier molecular flexibility index (Phi) is 8.39. The Hall–Kier alpha value is -1.51.